The summed E-state index contributed by atoms with van der Waals surface area (Å²) in [7, 11) is 0. The van der Waals surface area contributed by atoms with Gasteiger partial charge in [0, 0.05) is 19.2 Å². The summed E-state index contributed by atoms with van der Waals surface area (Å²) in [4.78, 5) is 13.6. The maximum Gasteiger partial charge on any atom is 0.241 e. The predicted molar refractivity (Wildman–Crippen MR) is 69.7 cm³/mol. The summed E-state index contributed by atoms with van der Waals surface area (Å²) in [6.07, 6.45) is 3.14. The molecule has 0 atom stereocenters. The van der Waals surface area contributed by atoms with Crippen molar-refractivity contribution in [3.05, 3.63) is 23.8 Å². The van der Waals surface area contributed by atoms with Crippen LogP contribution < -0.4 is 11.1 Å². The Morgan fingerprint density at radius 1 is 1.26 bits per heavy atom. The van der Waals surface area contributed by atoms with Gasteiger partial charge in [-0.1, -0.05) is 0 Å². The van der Waals surface area contributed by atoms with E-state index in [9.17, 15) is 13.6 Å². The molecular formula is C13H17F2N3O. The van der Waals surface area contributed by atoms with Gasteiger partial charge in [-0.2, -0.15) is 0 Å². The molecule has 19 heavy (non-hydrogen) atoms. The zero-order valence-corrected chi connectivity index (χ0v) is 10.6. The highest BCUT2D eigenvalue weighted by molar-refractivity contribution is 5.82. The third kappa shape index (κ3) is 3.33. The summed E-state index contributed by atoms with van der Waals surface area (Å²) < 4.78 is 26.3. The van der Waals surface area contributed by atoms with Crippen molar-refractivity contribution in [2.75, 3.05) is 30.7 Å². The fourth-order valence-electron chi connectivity index (χ4n) is 2.16. The molecule has 3 N–H and O–H groups in total. The van der Waals surface area contributed by atoms with Gasteiger partial charge in [0.2, 0.25) is 5.91 Å². The number of nitrogens with one attached hydrogen (secondary N) is 1. The monoisotopic (exact) mass is 269 g/mol. The molecule has 0 unspecified atom stereocenters. The van der Waals surface area contributed by atoms with Crippen LogP contribution in [0.1, 0.15) is 19.3 Å². The van der Waals surface area contributed by atoms with Crippen molar-refractivity contribution in [1.29, 1.82) is 0 Å². The first-order chi connectivity index (χ1) is 9.08. The van der Waals surface area contributed by atoms with Gasteiger partial charge in [0.25, 0.3) is 0 Å². The van der Waals surface area contributed by atoms with E-state index >= 15 is 0 Å². The van der Waals surface area contributed by atoms with Crippen LogP contribution in [0.5, 0.6) is 0 Å². The van der Waals surface area contributed by atoms with Gasteiger partial charge < -0.3 is 16.0 Å². The van der Waals surface area contributed by atoms with Crippen molar-refractivity contribution in [2.45, 2.75) is 19.3 Å². The first-order valence-corrected chi connectivity index (χ1v) is 6.34. The van der Waals surface area contributed by atoms with E-state index in [1.54, 1.807) is 4.90 Å². The molecule has 0 aromatic heterocycles. The van der Waals surface area contributed by atoms with Gasteiger partial charge in [-0.3, -0.25) is 4.79 Å². The second kappa shape index (κ2) is 5.86. The van der Waals surface area contributed by atoms with Crippen LogP contribution in [-0.2, 0) is 4.79 Å². The SMILES string of the molecule is Nc1c(F)cc(F)cc1NCC(=O)N1CCCCC1. The number of hydrogen-bond donors (Lipinski definition) is 2. The summed E-state index contributed by atoms with van der Waals surface area (Å²) in [5, 5.41) is 2.70. The van der Waals surface area contributed by atoms with Crippen molar-refractivity contribution in [3.63, 3.8) is 0 Å². The number of piperidine rings is 1. The highest BCUT2D eigenvalue weighted by Crippen LogP contribution is 2.23. The minimum Gasteiger partial charge on any atom is -0.395 e. The van der Waals surface area contributed by atoms with Gasteiger partial charge in [-0.05, 0) is 25.3 Å². The number of nitrogens with zero attached hydrogens (tertiary/aromatic N) is 1. The van der Waals surface area contributed by atoms with Gasteiger partial charge in [0.05, 0.1) is 17.9 Å². The van der Waals surface area contributed by atoms with Crippen LogP contribution in [0.4, 0.5) is 20.2 Å². The Bertz CT molecular complexity index is 473. The summed E-state index contributed by atoms with van der Waals surface area (Å²) in [5.41, 5.74) is 5.43. The molecule has 4 nitrogen and oxygen atoms in total. The molecule has 1 aromatic rings. The standard InChI is InChI=1S/C13H17F2N3O/c14-9-6-10(15)13(16)11(7-9)17-8-12(19)18-4-2-1-3-5-18/h6-7,17H,1-5,8,16H2. The van der Waals surface area contributed by atoms with E-state index in [1.165, 1.54) is 0 Å². The van der Waals surface area contributed by atoms with Crippen LogP contribution in [0.2, 0.25) is 0 Å². The summed E-state index contributed by atoms with van der Waals surface area (Å²) in [6.45, 7) is 1.48. The number of carbonyl (C=O) groups is 1. The van der Waals surface area contributed by atoms with Crippen molar-refractivity contribution in [1.82, 2.24) is 4.90 Å². The molecule has 0 spiro atoms. The van der Waals surface area contributed by atoms with E-state index in [0.29, 0.717) is 6.07 Å². The Labute approximate surface area is 110 Å². The molecule has 6 heteroatoms. The second-order valence-corrected chi connectivity index (χ2v) is 4.64. The summed E-state index contributed by atoms with van der Waals surface area (Å²) in [6, 6.07) is 1.80. The lowest BCUT2D eigenvalue weighted by atomic mass is 10.1. The lowest BCUT2D eigenvalue weighted by molar-refractivity contribution is -0.130. The third-order valence-electron chi connectivity index (χ3n) is 3.23. The Balaban J connectivity index is 1.96. The number of hydrogen-bond acceptors (Lipinski definition) is 3. The zero-order valence-electron chi connectivity index (χ0n) is 10.6. The van der Waals surface area contributed by atoms with Crippen molar-refractivity contribution >= 4 is 17.3 Å². The molecule has 0 aliphatic carbocycles. The van der Waals surface area contributed by atoms with Gasteiger partial charge >= 0.3 is 0 Å². The molecule has 1 heterocycles. The van der Waals surface area contributed by atoms with E-state index < -0.39 is 11.6 Å². The Hall–Kier alpha value is -1.85. The van der Waals surface area contributed by atoms with E-state index in [4.69, 9.17) is 5.73 Å². The van der Waals surface area contributed by atoms with Crippen molar-refractivity contribution < 1.29 is 13.6 Å². The predicted octanol–water partition coefficient (Wildman–Crippen LogP) is 1.97. The number of benzene rings is 1. The summed E-state index contributed by atoms with van der Waals surface area (Å²) >= 11 is 0. The maximum atomic E-state index is 13.2. The topological polar surface area (TPSA) is 58.4 Å². The second-order valence-electron chi connectivity index (χ2n) is 4.64. The fraction of sp³-hybridized carbons (Fsp3) is 0.462. The first-order valence-electron chi connectivity index (χ1n) is 6.34. The normalized spacial score (nSPS) is 15.4. The number of nitrogens with two attached hydrogens (primary N) is 1. The minimum absolute atomic E-state index is 0.00685. The molecule has 0 bridgehead atoms. The van der Waals surface area contributed by atoms with Gasteiger partial charge in [0.15, 0.2) is 5.82 Å². The van der Waals surface area contributed by atoms with Crippen LogP contribution in [0.15, 0.2) is 12.1 Å². The van der Waals surface area contributed by atoms with Gasteiger partial charge in [0.1, 0.15) is 5.82 Å². The van der Waals surface area contributed by atoms with Crippen molar-refractivity contribution in [2.24, 2.45) is 0 Å². The zero-order chi connectivity index (χ0) is 13.8. The maximum absolute atomic E-state index is 13.2. The lowest BCUT2D eigenvalue weighted by Gasteiger charge is -2.27. The molecule has 1 aliphatic rings. The van der Waals surface area contributed by atoms with E-state index in [1.807, 2.05) is 0 Å². The Morgan fingerprint density at radius 2 is 1.95 bits per heavy atom. The van der Waals surface area contributed by atoms with Crippen LogP contribution in [-0.4, -0.2) is 30.4 Å². The van der Waals surface area contributed by atoms with Crippen LogP contribution >= 0.6 is 0 Å². The lowest BCUT2D eigenvalue weighted by Crippen LogP contribution is -2.39. The Morgan fingerprint density at radius 3 is 2.63 bits per heavy atom. The molecule has 1 amide bonds. The van der Waals surface area contributed by atoms with Crippen LogP contribution in [0, 0.1) is 11.6 Å². The number of anilines is 2. The number of nitrogen functional groups attached to an aromatic ring is 1. The van der Waals surface area contributed by atoms with E-state index in [-0.39, 0.29) is 23.8 Å². The quantitative estimate of drug-likeness (QED) is 0.825. The molecule has 1 aromatic carbocycles. The number of likely N-dealkylation sites (tertiary alicyclic amines) is 1. The van der Waals surface area contributed by atoms with E-state index in [2.05, 4.69) is 5.32 Å². The number of rotatable bonds is 3. The van der Waals surface area contributed by atoms with Gasteiger partial charge in [-0.25, -0.2) is 8.78 Å². The average molecular weight is 269 g/mol. The van der Waals surface area contributed by atoms with Gasteiger partial charge in [-0.15, -0.1) is 0 Å². The molecular weight excluding hydrogens is 252 g/mol. The molecule has 1 saturated heterocycles. The highest BCUT2D eigenvalue weighted by atomic mass is 19.1. The number of amides is 1. The highest BCUT2D eigenvalue weighted by Gasteiger charge is 2.16. The first kappa shape index (κ1) is 13.6. The number of carbonyl (C=O) groups excluding carboxylic acids is 1. The smallest absolute Gasteiger partial charge is 0.241 e. The molecule has 1 aliphatic heterocycles. The Kier molecular flexibility index (Phi) is 4.19. The summed E-state index contributed by atoms with van der Waals surface area (Å²) in [5.74, 6) is -1.63. The molecule has 1 fully saturated rings. The third-order valence-corrected chi connectivity index (χ3v) is 3.23. The fourth-order valence-corrected chi connectivity index (χ4v) is 2.16. The largest absolute Gasteiger partial charge is 0.395 e. The molecule has 2 rings (SSSR count). The molecule has 104 valence electrons. The average Bonchev–Trinajstić information content (AvgIpc) is 2.41. The minimum atomic E-state index is -0.826. The van der Waals surface area contributed by atoms with Crippen LogP contribution in [0.25, 0.3) is 0 Å². The van der Waals surface area contributed by atoms with Crippen molar-refractivity contribution in [3.8, 4) is 0 Å². The number of halogens is 2. The molecule has 0 saturated carbocycles. The molecule has 0 radical (unpaired) electrons. The van der Waals surface area contributed by atoms with Crippen LogP contribution in [0.3, 0.4) is 0 Å². The van der Waals surface area contributed by atoms with E-state index in [0.717, 1.165) is 38.4 Å².